The van der Waals surface area contributed by atoms with E-state index in [0.29, 0.717) is 6.42 Å². The van der Waals surface area contributed by atoms with Gasteiger partial charge in [0.1, 0.15) is 0 Å². The van der Waals surface area contributed by atoms with E-state index in [4.69, 9.17) is 10.5 Å². The minimum atomic E-state index is -0.364. The van der Waals surface area contributed by atoms with Crippen LogP contribution in [0.15, 0.2) is 24.3 Å². The van der Waals surface area contributed by atoms with Crippen molar-refractivity contribution in [2.45, 2.75) is 25.8 Å². The molecule has 0 spiro atoms. The van der Waals surface area contributed by atoms with E-state index in [2.05, 4.69) is 12.0 Å². The molecule has 0 radical (unpaired) electrons. The molecular weight excluding hydrogens is 257 g/mol. The average molecular weight is 277 g/mol. The summed E-state index contributed by atoms with van der Waals surface area (Å²) in [6.45, 7) is 2.05. The monoisotopic (exact) mass is 277 g/mol. The fourth-order valence-electron chi connectivity index (χ4n) is 2.26. The van der Waals surface area contributed by atoms with Gasteiger partial charge in [-0.05, 0) is 36.6 Å². The summed E-state index contributed by atoms with van der Waals surface area (Å²) in [5.74, 6) is -0.118. The highest BCUT2D eigenvalue weighted by Gasteiger charge is 2.14. The molecule has 20 heavy (non-hydrogen) atoms. The number of ether oxygens (including phenoxy) is 1. The predicted octanol–water partition coefficient (Wildman–Crippen LogP) is 2.37. The average Bonchev–Trinajstić information content (AvgIpc) is 2.80. The van der Waals surface area contributed by atoms with Crippen LogP contribution in [0.25, 0.3) is 0 Å². The number of nitrogens with two attached hydrogens (primary N) is 1. The zero-order chi connectivity index (χ0) is 14.7. The summed E-state index contributed by atoms with van der Waals surface area (Å²) >= 11 is 0. The van der Waals surface area contributed by atoms with Crippen LogP contribution in [0.2, 0.25) is 0 Å². The maximum atomic E-state index is 13.7. The van der Waals surface area contributed by atoms with E-state index in [9.17, 15) is 4.39 Å². The molecule has 0 aliphatic heterocycles. The first-order chi connectivity index (χ1) is 9.55. The zero-order valence-corrected chi connectivity index (χ0v) is 12.1. The van der Waals surface area contributed by atoms with Crippen molar-refractivity contribution in [1.82, 2.24) is 9.78 Å². The van der Waals surface area contributed by atoms with Gasteiger partial charge in [-0.2, -0.15) is 5.10 Å². The first-order valence-electron chi connectivity index (χ1n) is 6.66. The number of benzene rings is 1. The van der Waals surface area contributed by atoms with Crippen LogP contribution in [0.1, 0.15) is 29.9 Å². The second-order valence-corrected chi connectivity index (χ2v) is 4.82. The van der Waals surface area contributed by atoms with Crippen LogP contribution in [-0.4, -0.2) is 16.9 Å². The molecular formula is C15H20FN3O. The Morgan fingerprint density at radius 3 is 2.70 bits per heavy atom. The number of halogens is 1. The fraction of sp³-hybridized carbons (Fsp3) is 0.400. The van der Waals surface area contributed by atoms with Crippen molar-refractivity contribution in [1.29, 1.82) is 0 Å². The lowest BCUT2D eigenvalue weighted by molar-refractivity contribution is 0.386. The molecule has 0 amide bonds. The summed E-state index contributed by atoms with van der Waals surface area (Å²) < 4.78 is 20.4. The fourth-order valence-corrected chi connectivity index (χ4v) is 2.26. The van der Waals surface area contributed by atoms with E-state index in [1.807, 2.05) is 19.2 Å². The number of aromatic nitrogens is 2. The molecule has 0 aliphatic carbocycles. The Hall–Kier alpha value is -1.88. The molecule has 4 nitrogen and oxygen atoms in total. The highest BCUT2D eigenvalue weighted by Crippen LogP contribution is 2.22. The van der Waals surface area contributed by atoms with Crippen molar-refractivity contribution in [2.24, 2.45) is 12.8 Å². The Morgan fingerprint density at radius 1 is 1.40 bits per heavy atom. The Bertz CT molecular complexity index is 595. The molecule has 0 fully saturated rings. The molecule has 2 aromatic rings. The zero-order valence-electron chi connectivity index (χ0n) is 12.1. The first-order valence-corrected chi connectivity index (χ1v) is 6.66. The Morgan fingerprint density at radius 2 is 2.15 bits per heavy atom. The molecule has 1 atom stereocenters. The number of hydrogen-bond donors (Lipinski definition) is 1. The van der Waals surface area contributed by atoms with Gasteiger partial charge in [0, 0.05) is 7.05 Å². The minimum Gasteiger partial charge on any atom is -0.494 e. The third-order valence-electron chi connectivity index (χ3n) is 3.38. The Balaban J connectivity index is 2.16. The van der Waals surface area contributed by atoms with E-state index in [0.717, 1.165) is 23.4 Å². The van der Waals surface area contributed by atoms with Crippen molar-refractivity contribution in [3.8, 4) is 5.75 Å². The van der Waals surface area contributed by atoms with Crippen molar-refractivity contribution >= 4 is 0 Å². The molecule has 0 saturated carbocycles. The van der Waals surface area contributed by atoms with Crippen LogP contribution in [0, 0.1) is 5.82 Å². The lowest BCUT2D eigenvalue weighted by Crippen LogP contribution is -2.17. The summed E-state index contributed by atoms with van der Waals surface area (Å²) in [4.78, 5) is 0. The molecule has 1 aromatic carbocycles. The summed E-state index contributed by atoms with van der Waals surface area (Å²) in [5.41, 5.74) is 9.01. The molecule has 2 N–H and O–H groups in total. The number of hydrogen-bond acceptors (Lipinski definition) is 3. The van der Waals surface area contributed by atoms with Gasteiger partial charge in [-0.15, -0.1) is 0 Å². The normalized spacial score (nSPS) is 12.4. The van der Waals surface area contributed by atoms with E-state index in [1.54, 1.807) is 10.7 Å². The number of nitrogens with zero attached hydrogens (tertiary/aromatic N) is 2. The molecule has 5 heteroatoms. The molecule has 0 saturated heterocycles. The van der Waals surface area contributed by atoms with Gasteiger partial charge in [-0.25, -0.2) is 4.39 Å². The lowest BCUT2D eigenvalue weighted by Gasteiger charge is -2.12. The number of aryl methyl sites for hydroxylation is 2. The molecule has 0 aliphatic rings. The first kappa shape index (κ1) is 14.5. The third-order valence-corrected chi connectivity index (χ3v) is 3.38. The smallest absolute Gasteiger partial charge is 0.165 e. The minimum absolute atomic E-state index is 0.208. The van der Waals surface area contributed by atoms with E-state index >= 15 is 0 Å². The Labute approximate surface area is 118 Å². The van der Waals surface area contributed by atoms with Gasteiger partial charge in [0.2, 0.25) is 0 Å². The molecule has 1 aromatic heterocycles. The lowest BCUT2D eigenvalue weighted by atomic mass is 10.0. The van der Waals surface area contributed by atoms with Crippen molar-refractivity contribution in [3.05, 3.63) is 47.0 Å². The van der Waals surface area contributed by atoms with Gasteiger partial charge < -0.3 is 10.5 Å². The molecule has 1 heterocycles. The molecule has 0 bridgehead atoms. The van der Waals surface area contributed by atoms with Gasteiger partial charge in [0.05, 0.1) is 24.5 Å². The van der Waals surface area contributed by atoms with Gasteiger partial charge in [0.15, 0.2) is 11.6 Å². The Kier molecular flexibility index (Phi) is 4.39. The van der Waals surface area contributed by atoms with Crippen LogP contribution in [-0.2, 0) is 19.9 Å². The summed E-state index contributed by atoms with van der Waals surface area (Å²) in [7, 11) is 3.33. The van der Waals surface area contributed by atoms with Gasteiger partial charge in [-0.1, -0.05) is 13.0 Å². The van der Waals surface area contributed by atoms with E-state index in [-0.39, 0.29) is 17.6 Å². The summed E-state index contributed by atoms with van der Waals surface area (Å²) in [6, 6.07) is 6.72. The summed E-state index contributed by atoms with van der Waals surface area (Å²) in [5, 5.41) is 4.38. The predicted molar refractivity (Wildman–Crippen MR) is 76.2 cm³/mol. The van der Waals surface area contributed by atoms with E-state index < -0.39 is 0 Å². The third kappa shape index (κ3) is 2.99. The van der Waals surface area contributed by atoms with Crippen LogP contribution in [0.3, 0.4) is 0 Å². The molecule has 2 rings (SSSR count). The quantitative estimate of drug-likeness (QED) is 0.913. The van der Waals surface area contributed by atoms with Gasteiger partial charge in [0.25, 0.3) is 0 Å². The summed E-state index contributed by atoms with van der Waals surface area (Å²) in [6.07, 6.45) is 1.43. The number of methoxy groups -OCH3 is 1. The maximum absolute atomic E-state index is 13.7. The molecule has 108 valence electrons. The topological polar surface area (TPSA) is 53.1 Å². The largest absolute Gasteiger partial charge is 0.494 e. The van der Waals surface area contributed by atoms with Gasteiger partial charge >= 0.3 is 0 Å². The van der Waals surface area contributed by atoms with Crippen molar-refractivity contribution in [2.75, 3.05) is 7.11 Å². The van der Waals surface area contributed by atoms with Crippen molar-refractivity contribution < 1.29 is 9.13 Å². The van der Waals surface area contributed by atoms with Crippen LogP contribution < -0.4 is 10.5 Å². The van der Waals surface area contributed by atoms with Gasteiger partial charge in [-0.3, -0.25) is 4.68 Å². The second kappa shape index (κ2) is 6.05. The highest BCUT2D eigenvalue weighted by molar-refractivity contribution is 5.30. The maximum Gasteiger partial charge on any atom is 0.165 e. The highest BCUT2D eigenvalue weighted by atomic mass is 19.1. The van der Waals surface area contributed by atoms with Crippen LogP contribution in [0.4, 0.5) is 4.39 Å². The number of rotatable bonds is 5. The SMILES string of the molecule is CCc1cc(C(N)Cc2ccc(OC)c(F)c2)n(C)n1. The molecule has 1 unspecified atom stereocenters. The standard InChI is InChI=1S/C15H20FN3O/c1-4-11-9-14(19(2)18-11)13(17)8-10-5-6-15(20-3)12(16)7-10/h5-7,9,13H,4,8,17H2,1-3H3. The van der Waals surface area contributed by atoms with Crippen LogP contribution >= 0.6 is 0 Å². The van der Waals surface area contributed by atoms with Crippen molar-refractivity contribution in [3.63, 3.8) is 0 Å². The van der Waals surface area contributed by atoms with Crippen LogP contribution in [0.5, 0.6) is 5.75 Å². The second-order valence-electron chi connectivity index (χ2n) is 4.82. The van der Waals surface area contributed by atoms with E-state index in [1.165, 1.54) is 13.2 Å².